The van der Waals surface area contributed by atoms with Gasteiger partial charge in [-0.05, 0) is 70.6 Å². The molecule has 6 nitrogen and oxygen atoms in total. The molecule has 49 heavy (non-hydrogen) atoms. The summed E-state index contributed by atoms with van der Waals surface area (Å²) < 4.78 is 5.41. The fraction of sp³-hybridized carbons (Fsp3) is 0.814. The molecule has 0 spiro atoms. The Bertz CT molecular complexity index is 808. The summed E-state index contributed by atoms with van der Waals surface area (Å²) in [5.74, 6) is -0.154. The van der Waals surface area contributed by atoms with Gasteiger partial charge in [0.2, 0.25) is 5.91 Å². The second-order valence-corrected chi connectivity index (χ2v) is 14.0. The Labute approximate surface area is 303 Å². The van der Waals surface area contributed by atoms with Crippen molar-refractivity contribution in [3.8, 4) is 0 Å². The highest BCUT2D eigenvalue weighted by molar-refractivity contribution is 5.76. The lowest BCUT2D eigenvalue weighted by Crippen LogP contribution is -2.45. The number of aliphatic hydroxyl groups excluding tert-OH is 2. The predicted octanol–water partition coefficient (Wildman–Crippen LogP) is 11.4. The number of ether oxygens (including phenoxy) is 1. The average molecular weight is 690 g/mol. The summed E-state index contributed by atoms with van der Waals surface area (Å²) >= 11 is 0. The normalized spacial score (nSPS) is 13.1. The maximum Gasteiger partial charge on any atom is 0.305 e. The van der Waals surface area contributed by atoms with Crippen LogP contribution in [-0.2, 0) is 14.3 Å². The quantitative estimate of drug-likeness (QED) is 0.0343. The number of hydrogen-bond donors (Lipinski definition) is 3. The molecule has 286 valence electrons. The van der Waals surface area contributed by atoms with Crippen LogP contribution in [0.25, 0.3) is 0 Å². The van der Waals surface area contributed by atoms with Crippen LogP contribution in [0, 0.1) is 0 Å². The van der Waals surface area contributed by atoms with Crippen molar-refractivity contribution < 1.29 is 24.5 Å². The van der Waals surface area contributed by atoms with E-state index in [4.69, 9.17) is 4.74 Å². The number of unbranched alkanes of at least 4 members (excludes halogenated alkanes) is 20. The molecule has 0 aromatic heterocycles. The van der Waals surface area contributed by atoms with Crippen molar-refractivity contribution in [3.05, 3.63) is 36.5 Å². The summed E-state index contributed by atoms with van der Waals surface area (Å²) in [6, 6.07) is -0.578. The van der Waals surface area contributed by atoms with E-state index < -0.39 is 12.1 Å². The Hall–Kier alpha value is -1.92. The predicted molar refractivity (Wildman–Crippen MR) is 209 cm³/mol. The van der Waals surface area contributed by atoms with Gasteiger partial charge in [0.1, 0.15) is 0 Å². The minimum atomic E-state index is -0.693. The molecule has 2 unspecified atom stereocenters. The van der Waals surface area contributed by atoms with Crippen LogP contribution in [-0.4, -0.2) is 47.4 Å². The Morgan fingerprint density at radius 2 is 1.06 bits per heavy atom. The number of amides is 1. The number of rotatable bonds is 37. The largest absolute Gasteiger partial charge is 0.466 e. The molecule has 0 aliphatic heterocycles. The van der Waals surface area contributed by atoms with Crippen molar-refractivity contribution in [2.24, 2.45) is 0 Å². The summed E-state index contributed by atoms with van der Waals surface area (Å²) in [6.07, 6.45) is 43.9. The lowest BCUT2D eigenvalue weighted by atomic mass is 10.0. The van der Waals surface area contributed by atoms with Crippen LogP contribution in [0.15, 0.2) is 36.5 Å². The molecule has 2 atom stereocenters. The smallest absolute Gasteiger partial charge is 0.305 e. The third-order valence-electron chi connectivity index (χ3n) is 9.16. The van der Waals surface area contributed by atoms with Crippen molar-refractivity contribution in [2.75, 3.05) is 13.2 Å². The van der Waals surface area contributed by atoms with Gasteiger partial charge in [-0.25, -0.2) is 0 Å². The number of aliphatic hydroxyl groups is 2. The highest BCUT2D eigenvalue weighted by atomic mass is 16.5. The molecular formula is C43H79NO5. The van der Waals surface area contributed by atoms with Gasteiger partial charge in [0.15, 0.2) is 0 Å². The third-order valence-corrected chi connectivity index (χ3v) is 9.16. The summed E-state index contributed by atoms with van der Waals surface area (Å²) in [5.41, 5.74) is 0. The van der Waals surface area contributed by atoms with Gasteiger partial charge in [0.05, 0.1) is 25.4 Å². The van der Waals surface area contributed by atoms with E-state index in [2.05, 4.69) is 55.6 Å². The molecule has 0 radical (unpaired) electrons. The van der Waals surface area contributed by atoms with E-state index in [0.29, 0.717) is 25.9 Å². The SMILES string of the molecule is CCCC/C=C\C/C=C\CCCCCCCC(=O)OCCCCCC/C=C\CCCC(=O)NC(CO)C(O)CCCCCCCCCCC. The van der Waals surface area contributed by atoms with Gasteiger partial charge in [-0.15, -0.1) is 0 Å². The first kappa shape index (κ1) is 47.1. The van der Waals surface area contributed by atoms with E-state index in [1.165, 1.54) is 83.5 Å². The average Bonchev–Trinajstić information content (AvgIpc) is 3.10. The van der Waals surface area contributed by atoms with Crippen molar-refractivity contribution in [3.63, 3.8) is 0 Å². The van der Waals surface area contributed by atoms with Gasteiger partial charge in [-0.3, -0.25) is 9.59 Å². The zero-order valence-corrected chi connectivity index (χ0v) is 32.2. The molecule has 0 saturated heterocycles. The number of carbonyl (C=O) groups excluding carboxylic acids is 2. The van der Waals surface area contributed by atoms with Crippen LogP contribution in [0.3, 0.4) is 0 Å². The van der Waals surface area contributed by atoms with Gasteiger partial charge >= 0.3 is 5.97 Å². The Morgan fingerprint density at radius 3 is 1.67 bits per heavy atom. The molecule has 0 saturated carbocycles. The highest BCUT2D eigenvalue weighted by Gasteiger charge is 2.19. The van der Waals surface area contributed by atoms with Crippen LogP contribution in [0.2, 0.25) is 0 Å². The van der Waals surface area contributed by atoms with E-state index in [9.17, 15) is 19.8 Å². The zero-order chi connectivity index (χ0) is 35.9. The molecule has 0 aromatic carbocycles. The third kappa shape index (κ3) is 35.7. The Morgan fingerprint density at radius 1 is 0.571 bits per heavy atom. The molecule has 0 rings (SSSR count). The van der Waals surface area contributed by atoms with Crippen molar-refractivity contribution in [1.29, 1.82) is 0 Å². The molecule has 6 heteroatoms. The first-order valence-electron chi connectivity index (χ1n) is 20.7. The number of allylic oxidation sites excluding steroid dienone is 6. The second kappa shape index (κ2) is 38.9. The van der Waals surface area contributed by atoms with Crippen molar-refractivity contribution >= 4 is 11.9 Å². The topological polar surface area (TPSA) is 95.9 Å². The van der Waals surface area contributed by atoms with E-state index in [-0.39, 0.29) is 18.5 Å². The van der Waals surface area contributed by atoms with Crippen LogP contribution in [0.1, 0.15) is 200 Å². The number of carbonyl (C=O) groups is 2. The first-order valence-corrected chi connectivity index (χ1v) is 20.7. The minimum absolute atomic E-state index is 0.0521. The van der Waals surface area contributed by atoms with E-state index >= 15 is 0 Å². The number of hydrogen-bond acceptors (Lipinski definition) is 5. The van der Waals surface area contributed by atoms with Crippen LogP contribution < -0.4 is 5.32 Å². The molecule has 1 amide bonds. The maximum absolute atomic E-state index is 12.3. The molecule has 0 aliphatic rings. The molecule has 0 aliphatic carbocycles. The summed E-state index contributed by atoms with van der Waals surface area (Å²) in [7, 11) is 0. The number of nitrogens with one attached hydrogen (secondary N) is 1. The molecule has 0 heterocycles. The van der Waals surface area contributed by atoms with Gasteiger partial charge in [-0.1, -0.05) is 153 Å². The summed E-state index contributed by atoms with van der Waals surface area (Å²) in [6.45, 7) is 4.76. The highest BCUT2D eigenvalue weighted by Crippen LogP contribution is 2.13. The lowest BCUT2D eigenvalue weighted by molar-refractivity contribution is -0.143. The summed E-state index contributed by atoms with van der Waals surface area (Å²) in [5, 5.41) is 22.9. The van der Waals surface area contributed by atoms with Crippen molar-refractivity contribution in [1.82, 2.24) is 5.32 Å². The Balaban J connectivity index is 3.57. The Kier molecular flexibility index (Phi) is 37.4. The second-order valence-electron chi connectivity index (χ2n) is 14.0. The number of esters is 1. The zero-order valence-electron chi connectivity index (χ0n) is 32.2. The van der Waals surface area contributed by atoms with Crippen LogP contribution in [0.5, 0.6) is 0 Å². The van der Waals surface area contributed by atoms with E-state index in [0.717, 1.165) is 83.5 Å². The van der Waals surface area contributed by atoms with Crippen LogP contribution in [0.4, 0.5) is 0 Å². The monoisotopic (exact) mass is 690 g/mol. The molecule has 0 fully saturated rings. The summed E-state index contributed by atoms with van der Waals surface area (Å²) in [4.78, 5) is 24.3. The maximum atomic E-state index is 12.3. The lowest BCUT2D eigenvalue weighted by Gasteiger charge is -2.22. The van der Waals surface area contributed by atoms with Gasteiger partial charge in [0, 0.05) is 12.8 Å². The molecule has 0 bridgehead atoms. The van der Waals surface area contributed by atoms with E-state index in [1.54, 1.807) is 0 Å². The van der Waals surface area contributed by atoms with Crippen molar-refractivity contribution in [2.45, 2.75) is 212 Å². The first-order chi connectivity index (χ1) is 24.0. The molecular weight excluding hydrogens is 610 g/mol. The minimum Gasteiger partial charge on any atom is -0.466 e. The van der Waals surface area contributed by atoms with E-state index in [1.807, 2.05) is 0 Å². The molecule has 0 aromatic rings. The standard InChI is InChI=1S/C43H79NO5/c1-3-5-7-9-11-13-14-15-16-17-21-25-29-33-37-43(48)49-38-34-30-26-22-18-20-24-28-32-36-42(47)44-40(39-45)41(46)35-31-27-23-19-12-10-8-6-4-2/h9,11,14-15,20,24,40-41,45-46H,3-8,10,12-13,16-19,21-23,25-39H2,1-2H3,(H,44,47)/b11-9-,15-14-,24-20-. The fourth-order valence-corrected chi connectivity index (χ4v) is 5.89. The van der Waals surface area contributed by atoms with Gasteiger partial charge < -0.3 is 20.3 Å². The van der Waals surface area contributed by atoms with Gasteiger partial charge in [-0.2, -0.15) is 0 Å². The molecule has 3 N–H and O–H groups in total. The fourth-order valence-electron chi connectivity index (χ4n) is 5.89. The van der Waals surface area contributed by atoms with Crippen LogP contribution >= 0.6 is 0 Å². The van der Waals surface area contributed by atoms with Gasteiger partial charge in [0.25, 0.3) is 0 Å².